The lowest BCUT2D eigenvalue weighted by atomic mass is 9.96. The van der Waals surface area contributed by atoms with Crippen LogP contribution in [0.5, 0.6) is 0 Å². The predicted molar refractivity (Wildman–Crippen MR) is 41.7 cm³/mol. The van der Waals surface area contributed by atoms with Crippen LogP contribution in [0.2, 0.25) is 0 Å². The van der Waals surface area contributed by atoms with E-state index < -0.39 is 18.4 Å². The maximum absolute atomic E-state index is 10.5. The molecule has 1 aliphatic rings. The summed E-state index contributed by atoms with van der Waals surface area (Å²) in [6, 6.07) is 0. The van der Waals surface area contributed by atoms with Crippen LogP contribution in [-0.2, 0) is 14.3 Å². The highest BCUT2D eigenvalue weighted by Crippen LogP contribution is 2.28. The van der Waals surface area contributed by atoms with Gasteiger partial charge in [0, 0.05) is 5.41 Å². The fraction of sp³-hybridized carbons (Fsp3) is 0.875. The van der Waals surface area contributed by atoms with Gasteiger partial charge in [-0.15, -0.1) is 0 Å². The van der Waals surface area contributed by atoms with Crippen molar-refractivity contribution in [2.24, 2.45) is 5.41 Å². The molecule has 12 heavy (non-hydrogen) atoms. The average molecular weight is 174 g/mol. The lowest BCUT2D eigenvalue weighted by Crippen LogP contribution is -2.29. The Bertz CT molecular complexity index is 182. The van der Waals surface area contributed by atoms with E-state index in [2.05, 4.69) is 0 Å². The van der Waals surface area contributed by atoms with Crippen LogP contribution in [0, 0.1) is 5.41 Å². The van der Waals surface area contributed by atoms with E-state index in [0.29, 0.717) is 0 Å². The molecule has 0 aromatic heterocycles. The van der Waals surface area contributed by atoms with Crippen molar-refractivity contribution in [2.45, 2.75) is 33.2 Å². The van der Waals surface area contributed by atoms with Crippen molar-refractivity contribution < 1.29 is 19.4 Å². The number of carboxylic acid groups (broad SMARTS) is 1. The number of hydrogen-bond acceptors (Lipinski definition) is 3. The van der Waals surface area contributed by atoms with E-state index in [4.69, 9.17) is 14.6 Å². The summed E-state index contributed by atoms with van der Waals surface area (Å²) in [5.74, 6) is -0.957. The number of aliphatic carboxylic acids is 1. The Labute approximate surface area is 71.5 Å². The highest BCUT2D eigenvalue weighted by molar-refractivity contribution is 5.72. The van der Waals surface area contributed by atoms with Crippen molar-refractivity contribution in [3.8, 4) is 0 Å². The Balaban J connectivity index is 2.51. The number of rotatable bonds is 1. The first-order valence-corrected chi connectivity index (χ1v) is 3.91. The molecule has 0 aromatic rings. The molecule has 1 fully saturated rings. The molecule has 2 atom stereocenters. The molecule has 1 rings (SSSR count). The van der Waals surface area contributed by atoms with Gasteiger partial charge in [0.05, 0.1) is 6.61 Å². The van der Waals surface area contributed by atoms with Crippen molar-refractivity contribution in [2.75, 3.05) is 6.61 Å². The van der Waals surface area contributed by atoms with Crippen LogP contribution in [0.1, 0.15) is 20.8 Å². The molecule has 1 N–H and O–H groups in total. The molecule has 0 spiro atoms. The fourth-order valence-electron chi connectivity index (χ4n) is 0.986. The van der Waals surface area contributed by atoms with Crippen LogP contribution in [0.25, 0.3) is 0 Å². The molecule has 1 aliphatic heterocycles. The van der Waals surface area contributed by atoms with Crippen LogP contribution in [0.15, 0.2) is 0 Å². The zero-order valence-electron chi connectivity index (χ0n) is 7.53. The smallest absolute Gasteiger partial charge is 0.335 e. The van der Waals surface area contributed by atoms with Crippen molar-refractivity contribution >= 4 is 5.97 Å². The molecule has 1 saturated heterocycles. The minimum absolute atomic E-state index is 0.150. The van der Waals surface area contributed by atoms with E-state index in [1.807, 2.05) is 20.8 Å². The minimum Gasteiger partial charge on any atom is -0.479 e. The Kier molecular flexibility index (Phi) is 2.39. The first-order valence-electron chi connectivity index (χ1n) is 3.91. The predicted octanol–water partition coefficient (Wildman–Crippen LogP) is 0.859. The summed E-state index contributed by atoms with van der Waals surface area (Å²) in [5.41, 5.74) is -0.162. The van der Waals surface area contributed by atoms with Gasteiger partial charge in [0.1, 0.15) is 0 Å². The number of ether oxygens (including phenoxy) is 2. The highest BCUT2D eigenvalue weighted by Gasteiger charge is 2.38. The average Bonchev–Trinajstić information content (AvgIpc) is 2.30. The Morgan fingerprint density at radius 3 is 2.33 bits per heavy atom. The van der Waals surface area contributed by atoms with Crippen LogP contribution < -0.4 is 0 Å². The third-order valence-electron chi connectivity index (χ3n) is 1.67. The molecule has 2 unspecified atom stereocenters. The summed E-state index contributed by atoms with van der Waals surface area (Å²) in [6.07, 6.45) is -1.20. The normalized spacial score (nSPS) is 30.6. The van der Waals surface area contributed by atoms with E-state index in [9.17, 15) is 4.79 Å². The summed E-state index contributed by atoms with van der Waals surface area (Å²) in [4.78, 5) is 10.5. The summed E-state index contributed by atoms with van der Waals surface area (Å²) in [7, 11) is 0. The van der Waals surface area contributed by atoms with Gasteiger partial charge in [0.15, 0.2) is 12.4 Å². The fourth-order valence-corrected chi connectivity index (χ4v) is 0.986. The zero-order valence-corrected chi connectivity index (χ0v) is 7.53. The van der Waals surface area contributed by atoms with Crippen LogP contribution in [0.4, 0.5) is 0 Å². The molecule has 4 heteroatoms. The first-order chi connectivity index (χ1) is 5.41. The second-order valence-corrected chi connectivity index (χ2v) is 3.99. The van der Waals surface area contributed by atoms with Crippen molar-refractivity contribution in [3.05, 3.63) is 0 Å². The van der Waals surface area contributed by atoms with E-state index >= 15 is 0 Å². The summed E-state index contributed by atoms with van der Waals surface area (Å²) in [5, 5.41) is 8.59. The van der Waals surface area contributed by atoms with Gasteiger partial charge in [-0.05, 0) is 0 Å². The van der Waals surface area contributed by atoms with E-state index in [1.54, 1.807) is 0 Å². The van der Waals surface area contributed by atoms with Gasteiger partial charge in [-0.1, -0.05) is 20.8 Å². The van der Waals surface area contributed by atoms with Gasteiger partial charge >= 0.3 is 5.97 Å². The van der Waals surface area contributed by atoms with E-state index in [-0.39, 0.29) is 12.0 Å². The maximum atomic E-state index is 10.5. The zero-order chi connectivity index (χ0) is 9.35. The van der Waals surface area contributed by atoms with Gasteiger partial charge in [-0.2, -0.15) is 0 Å². The van der Waals surface area contributed by atoms with Gasteiger partial charge in [0.2, 0.25) is 0 Å². The van der Waals surface area contributed by atoms with Gasteiger partial charge < -0.3 is 14.6 Å². The minimum atomic E-state index is -0.957. The molecule has 0 radical (unpaired) electrons. The maximum Gasteiger partial charge on any atom is 0.335 e. The Hall–Kier alpha value is -0.610. The quantitative estimate of drug-likeness (QED) is 0.640. The second kappa shape index (κ2) is 3.03. The number of hydrogen-bond donors (Lipinski definition) is 1. The molecule has 70 valence electrons. The highest BCUT2D eigenvalue weighted by atomic mass is 16.7. The molecule has 0 saturated carbocycles. The second-order valence-electron chi connectivity index (χ2n) is 3.99. The molecular formula is C8H14O4. The van der Waals surface area contributed by atoms with Crippen molar-refractivity contribution in [1.82, 2.24) is 0 Å². The van der Waals surface area contributed by atoms with E-state index in [0.717, 1.165) is 0 Å². The van der Waals surface area contributed by atoms with Gasteiger partial charge in [-0.25, -0.2) is 4.79 Å². The van der Waals surface area contributed by atoms with Crippen LogP contribution in [0.3, 0.4) is 0 Å². The van der Waals surface area contributed by atoms with E-state index in [1.165, 1.54) is 0 Å². The standard InChI is InChI=1S/C8H14O4/c1-8(2,3)7-11-4-5(12-7)6(9)10/h5,7H,4H2,1-3H3,(H,9,10). The van der Waals surface area contributed by atoms with Crippen molar-refractivity contribution in [3.63, 3.8) is 0 Å². The lowest BCUT2D eigenvalue weighted by Gasteiger charge is -2.24. The van der Waals surface area contributed by atoms with Crippen LogP contribution in [-0.4, -0.2) is 30.1 Å². The molecule has 4 nitrogen and oxygen atoms in total. The Morgan fingerprint density at radius 2 is 2.08 bits per heavy atom. The molecule has 0 bridgehead atoms. The number of carboxylic acids is 1. The molecule has 0 aliphatic carbocycles. The molecule has 0 aromatic carbocycles. The van der Waals surface area contributed by atoms with Gasteiger partial charge in [0.25, 0.3) is 0 Å². The third kappa shape index (κ3) is 1.95. The Morgan fingerprint density at radius 1 is 1.50 bits per heavy atom. The third-order valence-corrected chi connectivity index (χ3v) is 1.67. The molecular weight excluding hydrogens is 160 g/mol. The van der Waals surface area contributed by atoms with Crippen molar-refractivity contribution in [1.29, 1.82) is 0 Å². The first kappa shape index (κ1) is 9.48. The summed E-state index contributed by atoms with van der Waals surface area (Å²) >= 11 is 0. The monoisotopic (exact) mass is 174 g/mol. The SMILES string of the molecule is CC(C)(C)C1OCC(C(=O)O)O1. The summed E-state index contributed by atoms with van der Waals surface area (Å²) < 4.78 is 10.4. The summed E-state index contributed by atoms with van der Waals surface area (Å²) in [6.45, 7) is 5.99. The van der Waals surface area contributed by atoms with Crippen LogP contribution >= 0.6 is 0 Å². The van der Waals surface area contributed by atoms with Gasteiger partial charge in [-0.3, -0.25) is 0 Å². The number of carbonyl (C=O) groups is 1. The lowest BCUT2D eigenvalue weighted by molar-refractivity contribution is -0.158. The molecule has 1 heterocycles. The topological polar surface area (TPSA) is 55.8 Å². The molecule has 0 amide bonds. The largest absolute Gasteiger partial charge is 0.479 e.